The van der Waals surface area contributed by atoms with Crippen LogP contribution in [0.1, 0.15) is 21.5 Å². The first-order valence-electron chi connectivity index (χ1n) is 10.2. The first kappa shape index (κ1) is 18.8. The quantitative estimate of drug-likeness (QED) is 0.374. The molecule has 1 aromatic heterocycles. The van der Waals surface area contributed by atoms with Gasteiger partial charge in [0.05, 0.1) is 11.0 Å². The molecule has 31 heavy (non-hydrogen) atoms. The van der Waals surface area contributed by atoms with E-state index in [0.717, 1.165) is 34.5 Å². The van der Waals surface area contributed by atoms with Crippen LogP contribution in [0.25, 0.3) is 22.4 Å². The number of hydrogen-bond donors (Lipinski definition) is 2. The summed E-state index contributed by atoms with van der Waals surface area (Å²) in [6.45, 7) is 0. The van der Waals surface area contributed by atoms with Gasteiger partial charge in [0.15, 0.2) is 0 Å². The lowest BCUT2D eigenvalue weighted by Gasteiger charge is -2.08. The molecule has 0 radical (unpaired) electrons. The molecule has 0 fully saturated rings. The van der Waals surface area contributed by atoms with Gasteiger partial charge in [0.1, 0.15) is 5.82 Å². The van der Waals surface area contributed by atoms with Crippen LogP contribution in [0.2, 0.25) is 0 Å². The Morgan fingerprint density at radius 3 is 2.32 bits per heavy atom. The maximum atomic E-state index is 12.7. The van der Waals surface area contributed by atoms with Crippen LogP contribution in [0.5, 0.6) is 0 Å². The normalized spacial score (nSPS) is 10.8. The Kier molecular flexibility index (Phi) is 5.03. The van der Waals surface area contributed by atoms with Gasteiger partial charge in [-0.15, -0.1) is 0 Å². The fourth-order valence-corrected chi connectivity index (χ4v) is 3.64. The lowest BCUT2D eigenvalue weighted by atomic mass is 10.0. The minimum absolute atomic E-state index is 0.131. The van der Waals surface area contributed by atoms with Gasteiger partial charge in [-0.1, -0.05) is 66.7 Å². The average Bonchev–Trinajstić information content (AvgIpc) is 3.25. The van der Waals surface area contributed by atoms with E-state index in [9.17, 15) is 4.79 Å². The number of fused-ring (bicyclic) bond motifs is 1. The minimum atomic E-state index is -0.131. The SMILES string of the molecule is O=C(Nc1cccc(-c2nc3ccccc3[nH]2)c1)c1ccc(Cc2ccccc2)cc1. The van der Waals surface area contributed by atoms with Gasteiger partial charge in [0.25, 0.3) is 5.91 Å². The number of amides is 1. The summed E-state index contributed by atoms with van der Waals surface area (Å²) in [7, 11) is 0. The number of rotatable bonds is 5. The Hall–Kier alpha value is -4.18. The smallest absolute Gasteiger partial charge is 0.255 e. The third kappa shape index (κ3) is 4.23. The lowest BCUT2D eigenvalue weighted by Crippen LogP contribution is -2.11. The standard InChI is InChI=1S/C27H21N3O/c31-27(21-15-13-20(14-16-21)17-19-7-2-1-3-8-19)28-23-10-6-9-22(18-23)26-29-24-11-4-5-12-25(24)30-26/h1-16,18H,17H2,(H,28,31)(H,29,30). The number of aromatic nitrogens is 2. The number of H-pyrrole nitrogens is 1. The van der Waals surface area contributed by atoms with Crippen LogP contribution in [-0.4, -0.2) is 15.9 Å². The number of nitrogens with zero attached hydrogens (tertiary/aromatic N) is 1. The number of hydrogen-bond acceptors (Lipinski definition) is 2. The molecular formula is C27H21N3O. The summed E-state index contributed by atoms with van der Waals surface area (Å²) < 4.78 is 0. The zero-order valence-corrected chi connectivity index (χ0v) is 16.9. The lowest BCUT2D eigenvalue weighted by molar-refractivity contribution is 0.102. The first-order valence-corrected chi connectivity index (χ1v) is 10.2. The van der Waals surface area contributed by atoms with E-state index >= 15 is 0 Å². The van der Waals surface area contributed by atoms with Crippen molar-refractivity contribution in [2.45, 2.75) is 6.42 Å². The van der Waals surface area contributed by atoms with Crippen LogP contribution in [0, 0.1) is 0 Å². The second-order valence-corrected chi connectivity index (χ2v) is 7.50. The Labute approximate surface area is 180 Å². The van der Waals surface area contributed by atoms with Gasteiger partial charge < -0.3 is 10.3 Å². The van der Waals surface area contributed by atoms with Crippen LogP contribution in [0.15, 0.2) is 103 Å². The zero-order chi connectivity index (χ0) is 21.0. The third-order valence-electron chi connectivity index (χ3n) is 5.25. The highest BCUT2D eigenvalue weighted by molar-refractivity contribution is 6.04. The van der Waals surface area contributed by atoms with Gasteiger partial charge in [-0.25, -0.2) is 4.98 Å². The van der Waals surface area contributed by atoms with E-state index in [1.165, 1.54) is 11.1 Å². The van der Waals surface area contributed by atoms with E-state index in [1.54, 1.807) is 0 Å². The van der Waals surface area contributed by atoms with Gasteiger partial charge >= 0.3 is 0 Å². The molecule has 1 amide bonds. The molecule has 4 heteroatoms. The summed E-state index contributed by atoms with van der Waals surface area (Å²) in [4.78, 5) is 20.7. The minimum Gasteiger partial charge on any atom is -0.338 e. The molecule has 5 rings (SSSR count). The molecule has 0 spiro atoms. The van der Waals surface area contributed by atoms with Gasteiger partial charge in [0.2, 0.25) is 0 Å². The van der Waals surface area contributed by atoms with Crippen molar-refractivity contribution in [1.82, 2.24) is 9.97 Å². The molecule has 0 aliphatic heterocycles. The molecule has 0 unspecified atom stereocenters. The van der Waals surface area contributed by atoms with Crippen LogP contribution in [-0.2, 0) is 6.42 Å². The summed E-state index contributed by atoms with van der Waals surface area (Å²) in [6, 6.07) is 33.7. The van der Waals surface area contributed by atoms with Crippen LogP contribution in [0.4, 0.5) is 5.69 Å². The van der Waals surface area contributed by atoms with E-state index in [-0.39, 0.29) is 5.91 Å². The fraction of sp³-hybridized carbons (Fsp3) is 0.0370. The zero-order valence-electron chi connectivity index (χ0n) is 16.9. The second-order valence-electron chi connectivity index (χ2n) is 7.50. The summed E-state index contributed by atoms with van der Waals surface area (Å²) in [6.07, 6.45) is 0.849. The van der Waals surface area contributed by atoms with Crippen molar-refractivity contribution in [3.05, 3.63) is 120 Å². The Balaban J connectivity index is 1.30. The summed E-state index contributed by atoms with van der Waals surface area (Å²) in [5, 5.41) is 2.99. The van der Waals surface area contributed by atoms with E-state index < -0.39 is 0 Å². The number of imidazole rings is 1. The van der Waals surface area contributed by atoms with E-state index in [0.29, 0.717) is 5.56 Å². The van der Waals surface area contributed by atoms with E-state index in [2.05, 4.69) is 27.4 Å². The summed E-state index contributed by atoms with van der Waals surface area (Å²) in [5.41, 5.74) is 6.62. The maximum absolute atomic E-state index is 12.7. The van der Waals surface area contributed by atoms with Crippen molar-refractivity contribution in [3.63, 3.8) is 0 Å². The highest BCUT2D eigenvalue weighted by Crippen LogP contribution is 2.23. The molecule has 0 aliphatic carbocycles. The number of aromatic amines is 1. The van der Waals surface area contributed by atoms with Crippen molar-refractivity contribution < 1.29 is 4.79 Å². The van der Waals surface area contributed by atoms with Crippen molar-refractivity contribution in [2.75, 3.05) is 5.32 Å². The monoisotopic (exact) mass is 403 g/mol. The second kappa shape index (κ2) is 8.28. The molecule has 4 nitrogen and oxygen atoms in total. The molecule has 5 aromatic rings. The predicted molar refractivity (Wildman–Crippen MR) is 125 cm³/mol. The predicted octanol–water partition coefficient (Wildman–Crippen LogP) is 6.07. The number of carbonyl (C=O) groups is 1. The molecule has 0 saturated heterocycles. The van der Waals surface area contributed by atoms with Gasteiger partial charge in [0, 0.05) is 16.8 Å². The van der Waals surface area contributed by atoms with Crippen molar-refractivity contribution in [1.29, 1.82) is 0 Å². The topological polar surface area (TPSA) is 57.8 Å². The third-order valence-corrected chi connectivity index (χ3v) is 5.25. The summed E-state index contributed by atoms with van der Waals surface area (Å²) >= 11 is 0. The van der Waals surface area contributed by atoms with Gasteiger partial charge in [-0.05, 0) is 53.9 Å². The summed E-state index contributed by atoms with van der Waals surface area (Å²) in [5.74, 6) is 0.649. The first-order chi connectivity index (χ1) is 15.2. The van der Waals surface area contributed by atoms with Crippen LogP contribution < -0.4 is 5.32 Å². The number of benzene rings is 4. The molecule has 0 bridgehead atoms. The molecule has 150 valence electrons. The van der Waals surface area contributed by atoms with Crippen LogP contribution in [0.3, 0.4) is 0 Å². The van der Waals surface area contributed by atoms with E-state index in [1.807, 2.05) is 91.0 Å². The number of nitrogens with one attached hydrogen (secondary N) is 2. The van der Waals surface area contributed by atoms with E-state index in [4.69, 9.17) is 0 Å². The number of carbonyl (C=O) groups excluding carboxylic acids is 1. The number of anilines is 1. The van der Waals surface area contributed by atoms with Crippen molar-refractivity contribution >= 4 is 22.6 Å². The largest absolute Gasteiger partial charge is 0.338 e. The fourth-order valence-electron chi connectivity index (χ4n) is 3.64. The highest BCUT2D eigenvalue weighted by atomic mass is 16.1. The van der Waals surface area contributed by atoms with Crippen LogP contribution >= 0.6 is 0 Å². The number of para-hydroxylation sites is 2. The van der Waals surface area contributed by atoms with Gasteiger partial charge in [-0.3, -0.25) is 4.79 Å². The molecule has 0 aliphatic rings. The molecule has 4 aromatic carbocycles. The Bertz CT molecular complexity index is 1310. The Morgan fingerprint density at radius 2 is 1.52 bits per heavy atom. The van der Waals surface area contributed by atoms with Crippen molar-refractivity contribution in [2.24, 2.45) is 0 Å². The average molecular weight is 403 g/mol. The van der Waals surface area contributed by atoms with Gasteiger partial charge in [-0.2, -0.15) is 0 Å². The molecule has 1 heterocycles. The molecule has 2 N–H and O–H groups in total. The molecular weight excluding hydrogens is 382 g/mol. The Morgan fingerprint density at radius 1 is 0.774 bits per heavy atom. The van der Waals surface area contributed by atoms with Crippen molar-refractivity contribution in [3.8, 4) is 11.4 Å². The molecule has 0 atom stereocenters. The molecule has 0 saturated carbocycles. The maximum Gasteiger partial charge on any atom is 0.255 e. The highest BCUT2D eigenvalue weighted by Gasteiger charge is 2.09.